The Kier molecular flexibility index (Phi) is 22.1. The summed E-state index contributed by atoms with van der Waals surface area (Å²) in [7, 11) is 5.41. The molecule has 2 rings (SSSR count). The molecule has 0 bridgehead atoms. The van der Waals surface area contributed by atoms with Crippen LogP contribution in [0.25, 0.3) is 0 Å². The highest BCUT2D eigenvalue weighted by atomic mass is 32.1. The van der Waals surface area contributed by atoms with Gasteiger partial charge in [-0.1, -0.05) is 71.4 Å². The number of hydrogen-bond donors (Lipinski definition) is 3. The van der Waals surface area contributed by atoms with E-state index in [0.29, 0.717) is 49.4 Å². The highest BCUT2D eigenvalue weighted by Gasteiger charge is 2.30. The van der Waals surface area contributed by atoms with Gasteiger partial charge in [-0.15, -0.1) is 11.3 Å². The number of nitrogens with one attached hydrogen (secondary N) is 2. The van der Waals surface area contributed by atoms with Crippen molar-refractivity contribution in [1.29, 1.82) is 0 Å². The average molecular weight is 718 g/mol. The number of nitrogens with two attached hydrogens (primary N) is 1. The van der Waals surface area contributed by atoms with Crippen molar-refractivity contribution in [1.82, 2.24) is 20.5 Å². The van der Waals surface area contributed by atoms with Crippen molar-refractivity contribution in [3.05, 3.63) is 52.0 Å². The van der Waals surface area contributed by atoms with Gasteiger partial charge in [-0.3, -0.25) is 19.2 Å². The van der Waals surface area contributed by atoms with Crippen LogP contribution >= 0.6 is 11.3 Å². The molecule has 1 aromatic carbocycles. The highest BCUT2D eigenvalue weighted by molar-refractivity contribution is 7.09. The van der Waals surface area contributed by atoms with E-state index >= 15 is 0 Å². The quantitative estimate of drug-likeness (QED) is 0.100. The van der Waals surface area contributed by atoms with Crippen molar-refractivity contribution in [2.75, 3.05) is 34.4 Å². The van der Waals surface area contributed by atoms with Crippen LogP contribution in [0.5, 0.6) is 0 Å². The van der Waals surface area contributed by atoms with E-state index in [-0.39, 0.29) is 59.6 Å². The molecule has 3 amide bonds. The molecule has 0 radical (unpaired) electrons. The molecule has 0 saturated carbocycles. The van der Waals surface area contributed by atoms with Crippen LogP contribution in [0.2, 0.25) is 0 Å². The third-order valence-corrected chi connectivity index (χ3v) is 9.29. The number of carbonyl (C=O) groups excluding carboxylic acids is 4. The molecule has 0 fully saturated rings. The number of esters is 1. The third-order valence-electron chi connectivity index (χ3n) is 8.35. The Bertz CT molecular complexity index is 1270. The van der Waals surface area contributed by atoms with E-state index in [0.717, 1.165) is 31.4 Å². The zero-order valence-corrected chi connectivity index (χ0v) is 32.6. The van der Waals surface area contributed by atoms with Crippen LogP contribution in [0.4, 0.5) is 0 Å². The fourth-order valence-electron chi connectivity index (χ4n) is 5.55. The molecule has 4 unspecified atom stereocenters. The Morgan fingerprint density at radius 3 is 2.24 bits per heavy atom. The molecule has 1 aromatic heterocycles. The molecule has 0 saturated heterocycles. The Morgan fingerprint density at radius 2 is 1.68 bits per heavy atom. The number of ether oxygens (including phenoxy) is 2. The second-order valence-corrected chi connectivity index (χ2v) is 14.5. The van der Waals surface area contributed by atoms with Gasteiger partial charge in [0.1, 0.15) is 16.8 Å². The van der Waals surface area contributed by atoms with E-state index in [1.807, 2.05) is 70.1 Å². The van der Waals surface area contributed by atoms with E-state index in [1.165, 1.54) is 11.3 Å². The molecule has 11 nitrogen and oxygen atoms in total. The maximum absolute atomic E-state index is 13.3. The minimum Gasteiger partial charge on any atom is -0.466 e. The number of hydrogen-bond acceptors (Lipinski definition) is 9. The minimum atomic E-state index is -0.360. The monoisotopic (exact) mass is 717 g/mol. The second kappa shape index (κ2) is 24.7. The predicted octanol–water partition coefficient (Wildman–Crippen LogP) is 5.93. The number of unbranched alkanes of at least 4 members (excludes halogenated alkanes) is 2. The molecule has 12 heteroatoms. The summed E-state index contributed by atoms with van der Waals surface area (Å²) in [6.45, 7) is 13.2. The maximum atomic E-state index is 13.3. The topological polar surface area (TPSA) is 153 Å². The fraction of sp³-hybridized carbons (Fsp3) is 0.658. The molecule has 0 spiro atoms. The number of amides is 3. The zero-order chi connectivity index (χ0) is 37.6. The van der Waals surface area contributed by atoms with Gasteiger partial charge in [-0.2, -0.15) is 0 Å². The molecule has 0 aliphatic carbocycles. The lowest BCUT2D eigenvalue weighted by Crippen LogP contribution is -2.42. The number of aromatic nitrogens is 1. The number of methoxy groups -OCH3 is 1. The van der Waals surface area contributed by atoms with E-state index < -0.39 is 0 Å². The molecular formula is C38H63N5O6S. The average Bonchev–Trinajstić information content (AvgIpc) is 3.55. The van der Waals surface area contributed by atoms with Crippen molar-refractivity contribution in [2.24, 2.45) is 23.5 Å². The first kappa shape index (κ1) is 44.7. The van der Waals surface area contributed by atoms with Crippen LogP contribution in [-0.2, 0) is 30.3 Å². The standard InChI is InChI=1S/C31H47N3O5S.C7H16N2O/c1-9-39-31(37)22(6)16-24(17-23-13-11-10-12-14-23)32-29(36)25-19-40-30(33-25)27(38-8)18-26(21(4)5)34(7)28(35)15-20(2)3;1-9-6-4-2-3-5-7(8)10/h10-14,19-22,24,26-27H,9,15-18H2,1-8H3,(H,32,36);9H,2-6H2,1H3,(H2,8,10). The Hall–Kier alpha value is -3.35. The van der Waals surface area contributed by atoms with Crippen molar-refractivity contribution in [2.45, 2.75) is 111 Å². The number of carbonyl (C=O) groups is 4. The zero-order valence-electron chi connectivity index (χ0n) is 31.8. The van der Waals surface area contributed by atoms with Crippen LogP contribution in [0.1, 0.15) is 114 Å². The van der Waals surface area contributed by atoms with Crippen LogP contribution in [-0.4, -0.2) is 80.0 Å². The van der Waals surface area contributed by atoms with E-state index in [1.54, 1.807) is 19.4 Å². The summed E-state index contributed by atoms with van der Waals surface area (Å²) in [5.74, 6) is -0.493. The van der Waals surface area contributed by atoms with Crippen molar-refractivity contribution in [3.8, 4) is 0 Å². The summed E-state index contributed by atoms with van der Waals surface area (Å²) in [6, 6.07) is 9.57. The highest BCUT2D eigenvalue weighted by Crippen LogP contribution is 2.30. The lowest BCUT2D eigenvalue weighted by Gasteiger charge is -2.33. The Morgan fingerprint density at radius 1 is 1.00 bits per heavy atom. The van der Waals surface area contributed by atoms with Gasteiger partial charge in [0.15, 0.2) is 0 Å². The first-order valence-corrected chi connectivity index (χ1v) is 18.8. The van der Waals surface area contributed by atoms with Gasteiger partial charge in [0.2, 0.25) is 11.8 Å². The van der Waals surface area contributed by atoms with E-state index in [4.69, 9.17) is 15.2 Å². The van der Waals surface area contributed by atoms with Gasteiger partial charge in [0, 0.05) is 50.9 Å². The van der Waals surface area contributed by atoms with Crippen LogP contribution in [0.15, 0.2) is 35.7 Å². The molecule has 4 atom stereocenters. The van der Waals surface area contributed by atoms with Gasteiger partial charge in [0.25, 0.3) is 5.91 Å². The lowest BCUT2D eigenvalue weighted by molar-refractivity contribution is -0.147. The van der Waals surface area contributed by atoms with Crippen molar-refractivity contribution in [3.63, 3.8) is 0 Å². The van der Waals surface area contributed by atoms with E-state index in [9.17, 15) is 19.2 Å². The molecule has 4 N–H and O–H groups in total. The first-order chi connectivity index (χ1) is 23.7. The fourth-order valence-corrected chi connectivity index (χ4v) is 6.44. The first-order valence-electron chi connectivity index (χ1n) is 17.9. The molecular weight excluding hydrogens is 655 g/mol. The van der Waals surface area contributed by atoms with Crippen molar-refractivity contribution < 1.29 is 28.7 Å². The molecule has 1 heterocycles. The van der Waals surface area contributed by atoms with Gasteiger partial charge >= 0.3 is 5.97 Å². The summed E-state index contributed by atoms with van der Waals surface area (Å²) in [4.78, 5) is 55.1. The molecule has 2 aromatic rings. The molecule has 0 aliphatic heterocycles. The smallest absolute Gasteiger partial charge is 0.308 e. The summed E-state index contributed by atoms with van der Waals surface area (Å²) >= 11 is 1.38. The van der Waals surface area contributed by atoms with Crippen LogP contribution < -0.4 is 16.4 Å². The number of primary amides is 1. The van der Waals surface area contributed by atoms with E-state index in [2.05, 4.69) is 29.5 Å². The number of thiazole rings is 1. The maximum Gasteiger partial charge on any atom is 0.308 e. The second-order valence-electron chi connectivity index (χ2n) is 13.6. The largest absolute Gasteiger partial charge is 0.466 e. The minimum absolute atomic E-state index is 0.0306. The third kappa shape index (κ3) is 17.5. The summed E-state index contributed by atoms with van der Waals surface area (Å²) in [5, 5.41) is 8.57. The predicted molar refractivity (Wildman–Crippen MR) is 201 cm³/mol. The number of rotatable bonds is 22. The lowest BCUT2D eigenvalue weighted by atomic mass is 9.95. The van der Waals surface area contributed by atoms with Gasteiger partial charge in [0.05, 0.1) is 12.5 Å². The van der Waals surface area contributed by atoms with Crippen LogP contribution in [0, 0.1) is 17.8 Å². The Balaban J connectivity index is 0.00000108. The number of benzene rings is 1. The SMILES string of the molecule is CCOC(=O)C(C)CC(Cc1ccccc1)NC(=O)c1csc(C(CC(C(C)C)N(C)C(=O)CC(C)C)OC)n1.CNCCCCCC(N)=O. The summed E-state index contributed by atoms with van der Waals surface area (Å²) in [5.41, 5.74) is 6.33. The van der Waals surface area contributed by atoms with Gasteiger partial charge < -0.3 is 30.7 Å². The Labute approximate surface area is 304 Å². The normalized spacial score (nSPS) is 13.5. The molecule has 50 heavy (non-hydrogen) atoms. The molecule has 0 aliphatic rings. The number of nitrogens with zero attached hydrogens (tertiary/aromatic N) is 2. The summed E-state index contributed by atoms with van der Waals surface area (Å²) < 4.78 is 11.0. The van der Waals surface area contributed by atoms with Crippen molar-refractivity contribution >= 4 is 35.0 Å². The van der Waals surface area contributed by atoms with Crippen LogP contribution in [0.3, 0.4) is 0 Å². The summed E-state index contributed by atoms with van der Waals surface area (Å²) in [6.07, 6.45) is 5.44. The molecule has 282 valence electrons. The van der Waals surface area contributed by atoms with Gasteiger partial charge in [-0.05, 0) is 63.6 Å². The van der Waals surface area contributed by atoms with Gasteiger partial charge in [-0.25, -0.2) is 4.98 Å².